The molecule has 0 saturated carbocycles. The van der Waals surface area contributed by atoms with E-state index in [0.29, 0.717) is 41.2 Å². The Morgan fingerprint density at radius 1 is 1.06 bits per heavy atom. The van der Waals surface area contributed by atoms with Gasteiger partial charge in [-0.2, -0.15) is 18.4 Å². The van der Waals surface area contributed by atoms with Crippen molar-refractivity contribution in [1.82, 2.24) is 4.83 Å². The van der Waals surface area contributed by atoms with Gasteiger partial charge in [0.15, 0.2) is 0 Å². The van der Waals surface area contributed by atoms with E-state index in [4.69, 9.17) is 9.15 Å². The van der Waals surface area contributed by atoms with E-state index in [1.165, 1.54) is 12.1 Å². The molecule has 0 fully saturated rings. The van der Waals surface area contributed by atoms with Crippen LogP contribution in [-0.2, 0) is 22.9 Å². The monoisotopic (exact) mass is 466 g/mol. The van der Waals surface area contributed by atoms with E-state index in [-0.39, 0.29) is 10.7 Å². The highest BCUT2D eigenvalue weighted by atomic mass is 32.2. The van der Waals surface area contributed by atoms with Crippen LogP contribution in [0.5, 0.6) is 5.75 Å². The topological polar surface area (TPSA) is 98.0 Å². The van der Waals surface area contributed by atoms with Gasteiger partial charge in [0.1, 0.15) is 11.5 Å². The normalized spacial score (nSPS) is 14.7. The van der Waals surface area contributed by atoms with Gasteiger partial charge >= 0.3 is 5.97 Å². The fourth-order valence-electron chi connectivity index (χ4n) is 3.81. The molecule has 4 rings (SSSR count). The first-order valence-corrected chi connectivity index (χ1v) is 12.4. The molecule has 1 N–H and O–H groups in total. The van der Waals surface area contributed by atoms with Gasteiger partial charge in [-0.05, 0) is 62.9 Å². The van der Waals surface area contributed by atoms with Crippen molar-refractivity contribution in [3.8, 4) is 5.75 Å². The molecule has 1 aliphatic carbocycles. The molecule has 0 amide bonds. The van der Waals surface area contributed by atoms with Gasteiger partial charge in [0.25, 0.3) is 10.0 Å². The Morgan fingerprint density at radius 3 is 2.42 bits per heavy atom. The average molecular weight is 467 g/mol. The molecule has 0 saturated heterocycles. The largest absolute Gasteiger partial charge is 0.453 e. The van der Waals surface area contributed by atoms with E-state index < -0.39 is 16.0 Å². The lowest BCUT2D eigenvalue weighted by Gasteiger charge is -2.14. The first-order chi connectivity index (χ1) is 15.8. The highest BCUT2D eigenvalue weighted by Gasteiger charge is 2.29. The van der Waals surface area contributed by atoms with Gasteiger partial charge in [-0.1, -0.05) is 36.8 Å². The summed E-state index contributed by atoms with van der Waals surface area (Å²) < 4.78 is 36.6. The van der Waals surface area contributed by atoms with Crippen LogP contribution in [0.1, 0.15) is 58.3 Å². The second-order valence-electron chi connectivity index (χ2n) is 8.06. The number of furan rings is 1. The molecule has 0 spiro atoms. The molecule has 8 heteroatoms. The lowest BCUT2D eigenvalue weighted by molar-refractivity contribution is 0.0698. The number of ether oxygens (including phenoxy) is 1. The maximum Gasteiger partial charge on any atom is 0.379 e. The number of hydrogen-bond donors (Lipinski definition) is 1. The minimum Gasteiger partial charge on any atom is -0.453 e. The number of hydrogen-bond acceptors (Lipinski definition) is 6. The zero-order valence-electron chi connectivity index (χ0n) is 18.8. The SMILES string of the molecule is CCc1ccc(OC(=O)c2oc3c(c2C)/C(=N/NS(=O)(=O)c2ccc(C)cc2)CCC3)cc1. The molecular formula is C25H26N2O5S. The average Bonchev–Trinajstić information content (AvgIpc) is 3.16. The summed E-state index contributed by atoms with van der Waals surface area (Å²) in [6, 6.07) is 13.9. The van der Waals surface area contributed by atoms with Gasteiger partial charge in [-0.3, -0.25) is 0 Å². The standard InChI is InChI=1S/C25H26N2O5S/c1-4-18-10-12-19(13-11-18)31-25(28)24-17(3)23-21(6-5-7-22(23)32-24)26-27-33(29,30)20-14-8-16(2)9-15-20/h8-15,27H,4-7H2,1-3H3/b26-21+. The zero-order valence-corrected chi connectivity index (χ0v) is 19.7. The Labute approximate surface area is 193 Å². The summed E-state index contributed by atoms with van der Waals surface area (Å²) in [5.41, 5.74) is 3.91. The van der Waals surface area contributed by atoms with Gasteiger partial charge in [-0.15, -0.1) is 0 Å². The summed E-state index contributed by atoms with van der Waals surface area (Å²) in [6.45, 7) is 5.70. The quantitative estimate of drug-likeness (QED) is 0.323. The van der Waals surface area contributed by atoms with E-state index in [1.807, 2.05) is 19.1 Å². The molecule has 0 atom stereocenters. The minimum atomic E-state index is -3.81. The molecule has 3 aromatic rings. The van der Waals surface area contributed by atoms with Crippen LogP contribution < -0.4 is 9.57 Å². The Bertz CT molecular complexity index is 1300. The molecule has 1 aromatic heterocycles. The van der Waals surface area contributed by atoms with Crippen LogP contribution in [0.3, 0.4) is 0 Å². The summed E-state index contributed by atoms with van der Waals surface area (Å²) in [4.78, 5) is 15.2. The van der Waals surface area contributed by atoms with Gasteiger partial charge in [0.2, 0.25) is 5.76 Å². The van der Waals surface area contributed by atoms with Gasteiger partial charge < -0.3 is 9.15 Å². The van der Waals surface area contributed by atoms with E-state index in [9.17, 15) is 13.2 Å². The first kappa shape index (κ1) is 22.8. The molecule has 0 unspecified atom stereocenters. The summed E-state index contributed by atoms with van der Waals surface area (Å²) >= 11 is 0. The van der Waals surface area contributed by atoms with Crippen molar-refractivity contribution < 1.29 is 22.4 Å². The number of rotatable bonds is 6. The van der Waals surface area contributed by atoms with Crippen LogP contribution in [-0.4, -0.2) is 20.1 Å². The van der Waals surface area contributed by atoms with Crippen molar-refractivity contribution in [2.45, 2.75) is 51.3 Å². The summed E-state index contributed by atoms with van der Waals surface area (Å²) in [5, 5.41) is 4.20. The number of aryl methyl sites for hydroxylation is 3. The van der Waals surface area contributed by atoms with Crippen LogP contribution >= 0.6 is 0 Å². The third-order valence-electron chi connectivity index (χ3n) is 5.69. The Hall–Kier alpha value is -3.39. The lowest BCUT2D eigenvalue weighted by Crippen LogP contribution is -2.22. The number of benzene rings is 2. The van der Waals surface area contributed by atoms with Crippen molar-refractivity contribution in [3.63, 3.8) is 0 Å². The Morgan fingerprint density at radius 2 is 1.76 bits per heavy atom. The second-order valence-corrected chi connectivity index (χ2v) is 9.72. The van der Waals surface area contributed by atoms with E-state index >= 15 is 0 Å². The maximum atomic E-state index is 12.8. The van der Waals surface area contributed by atoms with Crippen molar-refractivity contribution in [1.29, 1.82) is 0 Å². The molecule has 33 heavy (non-hydrogen) atoms. The lowest BCUT2D eigenvalue weighted by atomic mass is 9.93. The zero-order chi connectivity index (χ0) is 23.6. The number of carbonyl (C=O) groups is 1. The van der Waals surface area contributed by atoms with Crippen LogP contribution in [0.4, 0.5) is 0 Å². The van der Waals surface area contributed by atoms with Crippen molar-refractivity contribution in [2.24, 2.45) is 5.10 Å². The van der Waals surface area contributed by atoms with Crippen molar-refractivity contribution in [2.75, 3.05) is 0 Å². The van der Waals surface area contributed by atoms with Gasteiger partial charge in [-0.25, -0.2) is 4.79 Å². The predicted molar refractivity (Wildman–Crippen MR) is 125 cm³/mol. The van der Waals surface area contributed by atoms with Crippen LogP contribution in [0.15, 0.2) is 62.9 Å². The summed E-state index contributed by atoms with van der Waals surface area (Å²) in [7, 11) is -3.81. The smallest absolute Gasteiger partial charge is 0.379 e. The minimum absolute atomic E-state index is 0.107. The predicted octanol–water partition coefficient (Wildman–Crippen LogP) is 4.70. The van der Waals surface area contributed by atoms with Crippen LogP contribution in [0, 0.1) is 13.8 Å². The Kier molecular flexibility index (Phi) is 6.37. The molecule has 0 aliphatic heterocycles. The molecular weight excluding hydrogens is 440 g/mol. The second kappa shape index (κ2) is 9.23. The molecule has 0 radical (unpaired) electrons. The highest BCUT2D eigenvalue weighted by Crippen LogP contribution is 2.30. The highest BCUT2D eigenvalue weighted by molar-refractivity contribution is 7.89. The molecule has 1 heterocycles. The molecule has 7 nitrogen and oxygen atoms in total. The van der Waals surface area contributed by atoms with Gasteiger partial charge in [0.05, 0.1) is 10.6 Å². The van der Waals surface area contributed by atoms with E-state index in [2.05, 4.69) is 16.9 Å². The van der Waals surface area contributed by atoms with Crippen LogP contribution in [0.2, 0.25) is 0 Å². The number of fused-ring (bicyclic) bond motifs is 1. The summed E-state index contributed by atoms with van der Waals surface area (Å²) in [6.07, 6.45) is 2.83. The number of nitrogens with one attached hydrogen (secondary N) is 1. The maximum absolute atomic E-state index is 12.8. The van der Waals surface area contributed by atoms with Gasteiger partial charge in [0, 0.05) is 17.5 Å². The van der Waals surface area contributed by atoms with Crippen molar-refractivity contribution >= 4 is 21.7 Å². The third kappa shape index (κ3) is 4.85. The first-order valence-electron chi connectivity index (χ1n) is 10.9. The molecule has 0 bridgehead atoms. The van der Waals surface area contributed by atoms with E-state index in [1.54, 1.807) is 31.2 Å². The number of carbonyl (C=O) groups excluding carboxylic acids is 1. The molecule has 1 aliphatic rings. The van der Waals surface area contributed by atoms with E-state index in [0.717, 1.165) is 24.0 Å². The number of esters is 1. The number of sulfonamides is 1. The Balaban J connectivity index is 1.57. The number of nitrogens with zero attached hydrogens (tertiary/aromatic N) is 1. The summed E-state index contributed by atoms with van der Waals surface area (Å²) in [5.74, 6) is 0.562. The fraction of sp³-hybridized carbons (Fsp3) is 0.280. The van der Waals surface area contributed by atoms with Crippen molar-refractivity contribution in [3.05, 3.63) is 82.3 Å². The molecule has 2 aromatic carbocycles. The fourth-order valence-corrected chi connectivity index (χ4v) is 4.64. The molecule has 172 valence electrons. The van der Waals surface area contributed by atoms with Crippen LogP contribution in [0.25, 0.3) is 0 Å². The third-order valence-corrected chi connectivity index (χ3v) is 6.91. The number of hydrazone groups is 1.